The topological polar surface area (TPSA) is 92.5 Å². The molecule has 0 aliphatic carbocycles. The molecule has 0 aliphatic heterocycles. The molecule has 0 aromatic heterocycles. The van der Waals surface area contributed by atoms with Crippen LogP contribution in [0.15, 0.2) is 0 Å². The molecular weight excluding hydrogens is 329 g/mol. The summed E-state index contributed by atoms with van der Waals surface area (Å²) in [7, 11) is 0. The number of esters is 1. The second kappa shape index (κ2) is 20.2. The van der Waals surface area contributed by atoms with Crippen LogP contribution < -0.4 is 40.4 Å². The van der Waals surface area contributed by atoms with Gasteiger partial charge in [-0.2, -0.15) is 0 Å². The number of carbonyl (C=O) groups excluding carboxylic acids is 2. The van der Waals surface area contributed by atoms with E-state index in [1.54, 1.807) is 0 Å². The van der Waals surface area contributed by atoms with E-state index in [2.05, 4.69) is 6.92 Å². The number of rotatable bonds is 17. The zero-order valence-electron chi connectivity index (χ0n) is 16.4. The second-order valence-corrected chi connectivity index (χ2v) is 6.57. The van der Waals surface area contributed by atoms with Crippen LogP contribution in [-0.4, -0.2) is 24.6 Å². The minimum atomic E-state index is -1.20. The second-order valence-electron chi connectivity index (χ2n) is 6.57. The van der Waals surface area contributed by atoms with E-state index in [9.17, 15) is 14.7 Å². The van der Waals surface area contributed by atoms with Gasteiger partial charge in [0.2, 0.25) is 0 Å². The number of carbonyl (C=O) groups is 2. The van der Waals surface area contributed by atoms with Gasteiger partial charge in [0.05, 0.1) is 6.61 Å². The van der Waals surface area contributed by atoms with Gasteiger partial charge in [-0.3, -0.25) is 4.79 Å². The first kappa shape index (κ1) is 27.1. The van der Waals surface area contributed by atoms with E-state index in [1.165, 1.54) is 64.2 Å². The van der Waals surface area contributed by atoms with Crippen LogP contribution in [-0.2, 0) is 14.3 Å². The molecule has 0 aliphatic rings. The molecule has 0 spiro atoms. The van der Waals surface area contributed by atoms with Crippen molar-refractivity contribution >= 4 is 11.9 Å². The number of carboxylic acids is 1. The third-order valence-electron chi connectivity index (χ3n) is 4.20. The van der Waals surface area contributed by atoms with E-state index < -0.39 is 18.0 Å². The number of carboxylic acid groups (broad SMARTS) is 1. The smallest absolute Gasteiger partial charge is 0.550 e. The standard InChI is InChI=1S/C19H37NO4.Na/c1-2-3-4-5-6-7-8-9-10-11-12-13-16-24-19(23)17(20)14-15-18(21)22;/h17H,2-16,20H2,1H3,(H,21,22);/q;+1/p-1. The fourth-order valence-corrected chi connectivity index (χ4v) is 2.61. The molecule has 1 atom stereocenters. The van der Waals surface area contributed by atoms with Crippen LogP contribution in [0.1, 0.15) is 96.8 Å². The van der Waals surface area contributed by atoms with Crippen LogP contribution in [0, 0.1) is 0 Å². The van der Waals surface area contributed by atoms with Gasteiger partial charge in [0, 0.05) is 5.97 Å². The molecule has 0 aromatic rings. The van der Waals surface area contributed by atoms with Gasteiger partial charge >= 0.3 is 35.5 Å². The number of aliphatic carboxylic acids is 1. The van der Waals surface area contributed by atoms with Crippen LogP contribution in [0.4, 0.5) is 0 Å². The minimum absolute atomic E-state index is 0. The Labute approximate surface area is 175 Å². The van der Waals surface area contributed by atoms with Crippen LogP contribution in [0.3, 0.4) is 0 Å². The molecule has 0 amide bonds. The Morgan fingerprint density at radius 3 is 1.76 bits per heavy atom. The van der Waals surface area contributed by atoms with Crippen molar-refractivity contribution in [3.63, 3.8) is 0 Å². The van der Waals surface area contributed by atoms with Crippen LogP contribution in [0.25, 0.3) is 0 Å². The van der Waals surface area contributed by atoms with Crippen molar-refractivity contribution < 1.29 is 49.0 Å². The fourth-order valence-electron chi connectivity index (χ4n) is 2.61. The summed E-state index contributed by atoms with van der Waals surface area (Å²) in [4.78, 5) is 21.8. The summed E-state index contributed by atoms with van der Waals surface area (Å²) in [6.07, 6.45) is 14.9. The predicted molar refractivity (Wildman–Crippen MR) is 94.3 cm³/mol. The maximum absolute atomic E-state index is 11.5. The zero-order valence-corrected chi connectivity index (χ0v) is 18.4. The summed E-state index contributed by atoms with van der Waals surface area (Å²) < 4.78 is 5.05. The van der Waals surface area contributed by atoms with Gasteiger partial charge in [0.25, 0.3) is 0 Å². The maximum Gasteiger partial charge on any atom is 1.00 e. The summed E-state index contributed by atoms with van der Waals surface area (Å²) in [6, 6.07) is -0.861. The first-order chi connectivity index (χ1) is 11.6. The molecule has 6 heteroatoms. The average Bonchev–Trinajstić information content (AvgIpc) is 2.56. The quantitative estimate of drug-likeness (QED) is 0.224. The summed E-state index contributed by atoms with van der Waals surface area (Å²) >= 11 is 0. The fraction of sp³-hybridized carbons (Fsp3) is 0.895. The van der Waals surface area contributed by atoms with Crippen LogP contribution in [0.5, 0.6) is 0 Å². The minimum Gasteiger partial charge on any atom is -0.550 e. The van der Waals surface area contributed by atoms with Gasteiger partial charge in [-0.25, -0.2) is 0 Å². The van der Waals surface area contributed by atoms with Gasteiger partial charge in [0.15, 0.2) is 0 Å². The van der Waals surface area contributed by atoms with Gasteiger partial charge < -0.3 is 20.4 Å². The Balaban J connectivity index is 0. The Bertz CT molecular complexity index is 327. The van der Waals surface area contributed by atoms with Crippen LogP contribution >= 0.6 is 0 Å². The van der Waals surface area contributed by atoms with E-state index in [0.717, 1.165) is 12.8 Å². The molecular formula is C19H36NNaO4. The van der Waals surface area contributed by atoms with Crippen molar-refractivity contribution in [3.05, 3.63) is 0 Å². The van der Waals surface area contributed by atoms with Crippen molar-refractivity contribution in [2.45, 2.75) is 103 Å². The van der Waals surface area contributed by atoms with E-state index in [1.807, 2.05) is 0 Å². The molecule has 0 heterocycles. The first-order valence-electron chi connectivity index (χ1n) is 9.70. The maximum atomic E-state index is 11.5. The summed E-state index contributed by atoms with van der Waals surface area (Å²) in [5, 5.41) is 10.3. The first-order valence-corrected chi connectivity index (χ1v) is 9.70. The molecule has 0 saturated carbocycles. The summed E-state index contributed by atoms with van der Waals surface area (Å²) in [6.45, 7) is 2.61. The zero-order chi connectivity index (χ0) is 18.0. The van der Waals surface area contributed by atoms with Crippen molar-refractivity contribution in [3.8, 4) is 0 Å². The third kappa shape index (κ3) is 20.1. The van der Waals surface area contributed by atoms with Gasteiger partial charge in [0.1, 0.15) is 6.04 Å². The molecule has 25 heavy (non-hydrogen) atoms. The Morgan fingerprint density at radius 1 is 0.880 bits per heavy atom. The Kier molecular flexibility index (Phi) is 21.9. The molecule has 142 valence electrons. The molecule has 2 N–H and O–H groups in total. The van der Waals surface area contributed by atoms with E-state index in [0.29, 0.717) is 6.61 Å². The summed E-state index contributed by atoms with van der Waals surface area (Å²) in [5.74, 6) is -1.71. The van der Waals surface area contributed by atoms with Crippen molar-refractivity contribution in [2.75, 3.05) is 6.61 Å². The summed E-state index contributed by atoms with van der Waals surface area (Å²) in [5.41, 5.74) is 5.55. The van der Waals surface area contributed by atoms with Crippen molar-refractivity contribution in [1.29, 1.82) is 0 Å². The van der Waals surface area contributed by atoms with Crippen LogP contribution in [0.2, 0.25) is 0 Å². The van der Waals surface area contributed by atoms with Gasteiger partial charge in [-0.05, 0) is 19.3 Å². The van der Waals surface area contributed by atoms with E-state index >= 15 is 0 Å². The number of hydrogen-bond donors (Lipinski definition) is 1. The van der Waals surface area contributed by atoms with Gasteiger partial charge in [-0.1, -0.05) is 77.6 Å². The molecule has 0 fully saturated rings. The monoisotopic (exact) mass is 365 g/mol. The van der Waals surface area contributed by atoms with E-state index in [4.69, 9.17) is 10.5 Å². The molecule has 0 rings (SSSR count). The predicted octanol–water partition coefficient (Wildman–Crippen LogP) is 0.0921. The Hall–Kier alpha value is -0.100. The number of nitrogens with two attached hydrogens (primary N) is 1. The molecule has 0 saturated heterocycles. The van der Waals surface area contributed by atoms with Gasteiger partial charge in [-0.15, -0.1) is 0 Å². The van der Waals surface area contributed by atoms with E-state index in [-0.39, 0.29) is 42.4 Å². The SMILES string of the molecule is CCCCCCCCCCCCCCOC(=O)C(N)CCC(=O)[O-].[Na+]. The Morgan fingerprint density at radius 2 is 1.32 bits per heavy atom. The number of ether oxygens (including phenoxy) is 1. The largest absolute Gasteiger partial charge is 1.00 e. The van der Waals surface area contributed by atoms with Crippen molar-refractivity contribution in [1.82, 2.24) is 0 Å². The molecule has 0 bridgehead atoms. The average molecular weight is 365 g/mol. The number of hydrogen-bond acceptors (Lipinski definition) is 5. The molecule has 0 radical (unpaired) electrons. The van der Waals surface area contributed by atoms with Crippen molar-refractivity contribution in [2.24, 2.45) is 5.73 Å². The normalized spacial score (nSPS) is 11.6. The molecule has 0 aromatic carbocycles. The molecule has 1 unspecified atom stereocenters. The number of unbranched alkanes of at least 4 members (excludes halogenated alkanes) is 11. The third-order valence-corrected chi connectivity index (χ3v) is 4.20. The molecule has 5 nitrogen and oxygen atoms in total.